The highest BCUT2D eigenvalue weighted by atomic mass is 16.2. The second-order valence-corrected chi connectivity index (χ2v) is 6.83. The van der Waals surface area contributed by atoms with Gasteiger partial charge in [0.25, 0.3) is 0 Å². The van der Waals surface area contributed by atoms with Crippen LogP contribution in [0.2, 0.25) is 0 Å². The van der Waals surface area contributed by atoms with Gasteiger partial charge in [0.05, 0.1) is 5.41 Å². The van der Waals surface area contributed by atoms with E-state index in [0.717, 1.165) is 24.1 Å². The van der Waals surface area contributed by atoms with Crippen LogP contribution in [0.5, 0.6) is 0 Å². The van der Waals surface area contributed by atoms with Crippen LogP contribution in [0.15, 0.2) is 18.2 Å². The van der Waals surface area contributed by atoms with Crippen LogP contribution >= 0.6 is 0 Å². The normalized spacial score (nSPS) is 17.8. The van der Waals surface area contributed by atoms with Crippen molar-refractivity contribution in [3.63, 3.8) is 0 Å². The van der Waals surface area contributed by atoms with Gasteiger partial charge in [-0.3, -0.25) is 4.79 Å². The molecule has 0 bridgehead atoms. The third kappa shape index (κ3) is 2.52. The SMILES string of the molecule is CN1C(=O)C(C)(C)c2cc(CCC(C)(C)N)ccc21. The number of aryl methyl sites for hydroxylation is 1. The first-order valence-corrected chi connectivity index (χ1v) is 6.83. The van der Waals surface area contributed by atoms with Gasteiger partial charge in [-0.05, 0) is 57.7 Å². The molecule has 0 saturated carbocycles. The highest BCUT2D eigenvalue weighted by Gasteiger charge is 2.42. The van der Waals surface area contributed by atoms with E-state index in [9.17, 15) is 4.79 Å². The smallest absolute Gasteiger partial charge is 0.236 e. The number of amides is 1. The van der Waals surface area contributed by atoms with Crippen molar-refractivity contribution in [1.29, 1.82) is 0 Å². The molecule has 0 spiro atoms. The molecule has 1 aliphatic heterocycles. The Hall–Kier alpha value is -1.35. The van der Waals surface area contributed by atoms with Crippen LogP contribution in [0.3, 0.4) is 0 Å². The summed E-state index contributed by atoms with van der Waals surface area (Å²) in [4.78, 5) is 14.0. The second kappa shape index (κ2) is 4.34. The lowest BCUT2D eigenvalue weighted by Crippen LogP contribution is -2.33. The molecule has 1 aliphatic rings. The number of carbonyl (C=O) groups excluding carboxylic acids is 1. The average molecular weight is 260 g/mol. The summed E-state index contributed by atoms with van der Waals surface area (Å²) in [6.07, 6.45) is 1.89. The van der Waals surface area contributed by atoms with Crippen molar-refractivity contribution in [2.75, 3.05) is 11.9 Å². The van der Waals surface area contributed by atoms with Gasteiger partial charge < -0.3 is 10.6 Å². The first-order chi connectivity index (χ1) is 8.63. The lowest BCUT2D eigenvalue weighted by atomic mass is 9.84. The Morgan fingerprint density at radius 3 is 2.53 bits per heavy atom. The zero-order chi connectivity index (χ0) is 14.4. The molecule has 0 fully saturated rings. The summed E-state index contributed by atoms with van der Waals surface area (Å²) in [7, 11) is 1.85. The van der Waals surface area contributed by atoms with Crippen LogP contribution in [0.25, 0.3) is 0 Å². The summed E-state index contributed by atoms with van der Waals surface area (Å²) in [6.45, 7) is 8.08. The van der Waals surface area contributed by atoms with Crippen molar-refractivity contribution in [2.45, 2.75) is 51.5 Å². The number of nitrogens with two attached hydrogens (primary N) is 1. The molecule has 19 heavy (non-hydrogen) atoms. The number of nitrogens with zero attached hydrogens (tertiary/aromatic N) is 1. The molecule has 0 unspecified atom stereocenters. The third-order valence-corrected chi connectivity index (χ3v) is 3.99. The van der Waals surface area contributed by atoms with Gasteiger partial charge in [-0.15, -0.1) is 0 Å². The summed E-state index contributed by atoms with van der Waals surface area (Å²) in [5.74, 6) is 0.166. The molecule has 0 aromatic heterocycles. The largest absolute Gasteiger partial charge is 0.326 e. The van der Waals surface area contributed by atoms with Crippen LogP contribution < -0.4 is 10.6 Å². The maximum absolute atomic E-state index is 12.2. The quantitative estimate of drug-likeness (QED) is 0.908. The lowest BCUT2D eigenvalue weighted by Gasteiger charge is -2.19. The number of hydrogen-bond acceptors (Lipinski definition) is 2. The number of anilines is 1. The molecule has 1 aromatic rings. The Bertz CT molecular complexity index is 512. The Morgan fingerprint density at radius 2 is 1.95 bits per heavy atom. The molecule has 1 aromatic carbocycles. The Balaban J connectivity index is 2.30. The van der Waals surface area contributed by atoms with Gasteiger partial charge >= 0.3 is 0 Å². The minimum atomic E-state index is -0.418. The molecule has 0 aliphatic carbocycles. The predicted molar refractivity (Wildman–Crippen MR) is 79.5 cm³/mol. The Morgan fingerprint density at radius 1 is 1.32 bits per heavy atom. The minimum absolute atomic E-state index is 0.152. The molecule has 2 rings (SSSR count). The number of fused-ring (bicyclic) bond motifs is 1. The minimum Gasteiger partial charge on any atom is -0.326 e. The first-order valence-electron chi connectivity index (χ1n) is 6.83. The number of hydrogen-bond donors (Lipinski definition) is 1. The fourth-order valence-corrected chi connectivity index (χ4v) is 2.64. The zero-order valence-corrected chi connectivity index (χ0v) is 12.6. The van der Waals surface area contributed by atoms with Gasteiger partial charge in [0.15, 0.2) is 0 Å². The summed E-state index contributed by atoms with van der Waals surface area (Å²) < 4.78 is 0. The average Bonchev–Trinajstić information content (AvgIpc) is 2.48. The van der Waals surface area contributed by atoms with Crippen molar-refractivity contribution in [1.82, 2.24) is 0 Å². The van der Waals surface area contributed by atoms with Crippen LogP contribution in [-0.2, 0) is 16.6 Å². The Kier molecular flexibility index (Phi) is 3.21. The number of benzene rings is 1. The van der Waals surface area contributed by atoms with E-state index in [0.29, 0.717) is 0 Å². The molecule has 0 saturated heterocycles. The van der Waals surface area contributed by atoms with Gasteiger partial charge in [0.1, 0.15) is 0 Å². The number of carbonyl (C=O) groups is 1. The van der Waals surface area contributed by atoms with Crippen molar-refractivity contribution >= 4 is 11.6 Å². The molecule has 0 radical (unpaired) electrons. The van der Waals surface area contributed by atoms with E-state index >= 15 is 0 Å². The first kappa shape index (κ1) is 14.1. The molecular formula is C16H24N2O. The molecular weight excluding hydrogens is 236 g/mol. The molecule has 1 amide bonds. The van der Waals surface area contributed by atoms with Crippen LogP contribution in [0.4, 0.5) is 5.69 Å². The molecule has 2 N–H and O–H groups in total. The van der Waals surface area contributed by atoms with E-state index in [1.54, 1.807) is 4.90 Å². The second-order valence-electron chi connectivity index (χ2n) is 6.83. The molecule has 3 heteroatoms. The monoisotopic (exact) mass is 260 g/mol. The van der Waals surface area contributed by atoms with E-state index in [1.165, 1.54) is 5.56 Å². The van der Waals surface area contributed by atoms with Gasteiger partial charge in [-0.1, -0.05) is 12.1 Å². The molecule has 0 atom stereocenters. The van der Waals surface area contributed by atoms with Gasteiger partial charge in [0.2, 0.25) is 5.91 Å². The van der Waals surface area contributed by atoms with Crippen LogP contribution in [0, 0.1) is 0 Å². The third-order valence-electron chi connectivity index (χ3n) is 3.99. The fraction of sp³-hybridized carbons (Fsp3) is 0.562. The van der Waals surface area contributed by atoms with Crippen molar-refractivity contribution < 1.29 is 4.79 Å². The van der Waals surface area contributed by atoms with E-state index in [4.69, 9.17) is 5.73 Å². The maximum Gasteiger partial charge on any atom is 0.236 e. The van der Waals surface area contributed by atoms with Gasteiger partial charge in [-0.2, -0.15) is 0 Å². The zero-order valence-electron chi connectivity index (χ0n) is 12.6. The topological polar surface area (TPSA) is 46.3 Å². The summed E-state index contributed by atoms with van der Waals surface area (Å²) in [6, 6.07) is 6.33. The van der Waals surface area contributed by atoms with Gasteiger partial charge in [0, 0.05) is 18.3 Å². The Labute approximate surface area is 115 Å². The highest BCUT2D eigenvalue weighted by Crippen LogP contribution is 2.41. The van der Waals surface area contributed by atoms with E-state index < -0.39 is 5.41 Å². The molecule has 1 heterocycles. The lowest BCUT2D eigenvalue weighted by molar-refractivity contribution is -0.121. The van der Waals surface area contributed by atoms with E-state index in [1.807, 2.05) is 34.7 Å². The van der Waals surface area contributed by atoms with E-state index in [2.05, 4.69) is 18.2 Å². The van der Waals surface area contributed by atoms with Crippen molar-refractivity contribution in [3.8, 4) is 0 Å². The molecule has 3 nitrogen and oxygen atoms in total. The fourth-order valence-electron chi connectivity index (χ4n) is 2.64. The standard InChI is InChI=1S/C16H24N2O/c1-15(2,17)9-8-11-6-7-13-12(10-11)16(3,4)14(19)18(13)5/h6-7,10H,8-9,17H2,1-5H3. The summed E-state index contributed by atoms with van der Waals surface area (Å²) in [5, 5.41) is 0. The highest BCUT2D eigenvalue weighted by molar-refractivity contribution is 6.07. The van der Waals surface area contributed by atoms with Crippen molar-refractivity contribution in [3.05, 3.63) is 29.3 Å². The maximum atomic E-state index is 12.2. The summed E-state index contributed by atoms with van der Waals surface area (Å²) >= 11 is 0. The van der Waals surface area contributed by atoms with Crippen LogP contribution in [0.1, 0.15) is 45.2 Å². The number of likely N-dealkylation sites (N-methyl/N-ethyl adjacent to an activating group) is 1. The molecule has 104 valence electrons. The van der Waals surface area contributed by atoms with Crippen LogP contribution in [-0.4, -0.2) is 18.5 Å². The van der Waals surface area contributed by atoms with Crippen molar-refractivity contribution in [2.24, 2.45) is 5.73 Å². The van der Waals surface area contributed by atoms with E-state index in [-0.39, 0.29) is 11.4 Å². The summed E-state index contributed by atoms with van der Waals surface area (Å²) in [5.41, 5.74) is 8.88. The predicted octanol–water partition coefficient (Wildman–Crippen LogP) is 2.61. The number of rotatable bonds is 3. The van der Waals surface area contributed by atoms with Gasteiger partial charge in [-0.25, -0.2) is 0 Å².